The molecule has 2 aromatic rings. The molecule has 0 atom stereocenters. The van der Waals surface area contributed by atoms with E-state index >= 15 is 0 Å². The van der Waals surface area contributed by atoms with Crippen molar-refractivity contribution in [3.8, 4) is 11.5 Å². The number of ether oxygens (including phenoxy) is 2. The third kappa shape index (κ3) is 2.18. The lowest BCUT2D eigenvalue weighted by Crippen LogP contribution is -2.27. The Bertz CT molecular complexity index is 827. The molecule has 22 heavy (non-hydrogen) atoms. The summed E-state index contributed by atoms with van der Waals surface area (Å²) in [5, 5.41) is 9.77. The maximum absolute atomic E-state index is 11.2. The molecular formula is C16H14ClNO4. The van der Waals surface area contributed by atoms with Crippen LogP contribution in [-0.4, -0.2) is 28.8 Å². The molecule has 3 rings (SSSR count). The van der Waals surface area contributed by atoms with Crippen molar-refractivity contribution >= 4 is 34.5 Å². The van der Waals surface area contributed by atoms with Gasteiger partial charge in [-0.3, -0.25) is 4.98 Å². The van der Waals surface area contributed by atoms with Crippen LogP contribution in [0.5, 0.6) is 11.5 Å². The number of methoxy groups -OCH3 is 1. The van der Waals surface area contributed by atoms with E-state index in [4.69, 9.17) is 21.1 Å². The van der Waals surface area contributed by atoms with Crippen molar-refractivity contribution in [2.45, 2.75) is 19.4 Å². The minimum atomic E-state index is -1.13. The van der Waals surface area contributed by atoms with E-state index in [2.05, 4.69) is 4.98 Å². The van der Waals surface area contributed by atoms with Gasteiger partial charge in [0.25, 0.3) is 0 Å². The molecule has 0 amide bonds. The van der Waals surface area contributed by atoms with Gasteiger partial charge in [-0.05, 0) is 26.0 Å². The van der Waals surface area contributed by atoms with Gasteiger partial charge in [-0.15, -0.1) is 0 Å². The lowest BCUT2D eigenvalue weighted by atomic mass is 9.99. The van der Waals surface area contributed by atoms with E-state index in [9.17, 15) is 9.90 Å². The van der Waals surface area contributed by atoms with Crippen molar-refractivity contribution < 1.29 is 19.4 Å². The Hall–Kier alpha value is -2.27. The number of fused-ring (bicyclic) bond motifs is 3. The second-order valence-corrected chi connectivity index (χ2v) is 5.92. The highest BCUT2D eigenvalue weighted by atomic mass is 35.5. The van der Waals surface area contributed by atoms with Gasteiger partial charge in [0.05, 0.1) is 28.6 Å². The third-order valence-corrected chi connectivity index (χ3v) is 3.91. The van der Waals surface area contributed by atoms with Crippen molar-refractivity contribution in [2.24, 2.45) is 0 Å². The topological polar surface area (TPSA) is 68.7 Å². The van der Waals surface area contributed by atoms with Crippen LogP contribution in [-0.2, 0) is 0 Å². The lowest BCUT2D eigenvalue weighted by molar-refractivity contribution is 0.0697. The molecule has 1 aliphatic heterocycles. The highest BCUT2D eigenvalue weighted by Gasteiger charge is 2.27. The molecule has 114 valence electrons. The molecule has 0 saturated heterocycles. The SMILES string of the molecule is COc1cc2c(c3ncc(C(=O)O)c(Cl)c13)C=CC(C)(C)O2. The number of pyridine rings is 1. The maximum Gasteiger partial charge on any atom is 0.338 e. The molecule has 1 aromatic carbocycles. The Morgan fingerprint density at radius 2 is 2.18 bits per heavy atom. The highest BCUT2D eigenvalue weighted by Crippen LogP contribution is 2.43. The van der Waals surface area contributed by atoms with Gasteiger partial charge < -0.3 is 14.6 Å². The number of carboxylic acids is 1. The van der Waals surface area contributed by atoms with Crippen LogP contribution in [0.1, 0.15) is 29.8 Å². The van der Waals surface area contributed by atoms with Gasteiger partial charge in [-0.1, -0.05) is 11.6 Å². The molecule has 0 radical (unpaired) electrons. The Labute approximate surface area is 132 Å². The van der Waals surface area contributed by atoms with Crippen molar-refractivity contribution in [2.75, 3.05) is 7.11 Å². The van der Waals surface area contributed by atoms with Gasteiger partial charge in [-0.25, -0.2) is 4.79 Å². The minimum absolute atomic E-state index is 0.0616. The van der Waals surface area contributed by atoms with E-state index < -0.39 is 11.6 Å². The molecule has 0 aliphatic carbocycles. The summed E-state index contributed by atoms with van der Waals surface area (Å²) in [7, 11) is 1.49. The molecule has 0 bridgehead atoms. The fraction of sp³-hybridized carbons (Fsp3) is 0.250. The average Bonchev–Trinajstić information content (AvgIpc) is 2.44. The highest BCUT2D eigenvalue weighted by molar-refractivity contribution is 6.39. The van der Waals surface area contributed by atoms with Crippen LogP contribution in [0.4, 0.5) is 0 Å². The largest absolute Gasteiger partial charge is 0.496 e. The van der Waals surface area contributed by atoms with E-state index in [1.807, 2.05) is 26.0 Å². The van der Waals surface area contributed by atoms with E-state index in [0.29, 0.717) is 22.4 Å². The lowest BCUT2D eigenvalue weighted by Gasteiger charge is -2.28. The summed E-state index contributed by atoms with van der Waals surface area (Å²) >= 11 is 6.25. The van der Waals surface area contributed by atoms with E-state index in [1.165, 1.54) is 13.3 Å². The van der Waals surface area contributed by atoms with Crippen LogP contribution >= 0.6 is 11.6 Å². The van der Waals surface area contributed by atoms with Gasteiger partial charge in [-0.2, -0.15) is 0 Å². The zero-order valence-corrected chi connectivity index (χ0v) is 13.1. The van der Waals surface area contributed by atoms with Gasteiger partial charge >= 0.3 is 5.97 Å². The number of aromatic carboxylic acids is 1. The smallest absolute Gasteiger partial charge is 0.338 e. The molecule has 0 fully saturated rings. The Morgan fingerprint density at radius 1 is 1.45 bits per heavy atom. The summed E-state index contributed by atoms with van der Waals surface area (Å²) in [5.74, 6) is -0.0731. The molecule has 1 N–H and O–H groups in total. The van der Waals surface area contributed by atoms with E-state index in [0.717, 1.165) is 5.56 Å². The first kappa shape index (κ1) is 14.7. The monoisotopic (exact) mass is 319 g/mol. The molecule has 0 saturated carbocycles. The summed E-state index contributed by atoms with van der Waals surface area (Å²) in [5.41, 5.74) is 0.815. The fourth-order valence-electron chi connectivity index (χ4n) is 2.46. The number of nitrogens with zero attached hydrogens (tertiary/aromatic N) is 1. The zero-order valence-electron chi connectivity index (χ0n) is 12.3. The molecule has 0 unspecified atom stereocenters. The van der Waals surface area contributed by atoms with Gasteiger partial charge in [0.1, 0.15) is 17.1 Å². The minimum Gasteiger partial charge on any atom is -0.496 e. The van der Waals surface area contributed by atoms with Crippen LogP contribution in [0.25, 0.3) is 17.0 Å². The number of carboxylic acid groups (broad SMARTS) is 1. The zero-order chi connectivity index (χ0) is 16.1. The van der Waals surface area contributed by atoms with Gasteiger partial charge in [0.15, 0.2) is 0 Å². The van der Waals surface area contributed by atoms with Crippen LogP contribution in [0, 0.1) is 0 Å². The van der Waals surface area contributed by atoms with Crippen LogP contribution in [0.15, 0.2) is 18.3 Å². The van der Waals surface area contributed by atoms with Crippen molar-refractivity contribution in [3.05, 3.63) is 34.5 Å². The van der Waals surface area contributed by atoms with Crippen molar-refractivity contribution in [1.82, 2.24) is 4.98 Å². The average molecular weight is 320 g/mol. The normalized spacial score (nSPS) is 15.3. The predicted octanol–water partition coefficient (Wildman–Crippen LogP) is 3.78. The fourth-order valence-corrected chi connectivity index (χ4v) is 2.77. The second-order valence-electron chi connectivity index (χ2n) is 5.54. The molecule has 1 aliphatic rings. The number of halogens is 1. The number of benzene rings is 1. The summed E-state index contributed by atoms with van der Waals surface area (Å²) in [6.07, 6.45) is 5.08. The Kier molecular flexibility index (Phi) is 3.25. The molecule has 5 nitrogen and oxygen atoms in total. The number of rotatable bonds is 2. The summed E-state index contributed by atoms with van der Waals surface area (Å²) in [6.45, 7) is 3.88. The first-order chi connectivity index (χ1) is 10.3. The number of hydrogen-bond acceptors (Lipinski definition) is 4. The van der Waals surface area contributed by atoms with Crippen molar-refractivity contribution in [1.29, 1.82) is 0 Å². The molecule has 6 heteroatoms. The number of hydrogen-bond donors (Lipinski definition) is 1. The predicted molar refractivity (Wildman–Crippen MR) is 84.0 cm³/mol. The first-order valence-electron chi connectivity index (χ1n) is 6.65. The van der Waals surface area contributed by atoms with Gasteiger partial charge in [0.2, 0.25) is 0 Å². The standard InChI is InChI=1S/C16H14ClNO4/c1-16(2)5-4-8-10(22-16)6-11(21-3)12-13(17)9(15(19)20)7-18-14(8)12/h4-7H,1-3H3,(H,19,20). The second kappa shape index (κ2) is 4.88. The first-order valence-corrected chi connectivity index (χ1v) is 7.02. The molecule has 0 spiro atoms. The molecule has 1 aromatic heterocycles. The quantitative estimate of drug-likeness (QED) is 0.912. The van der Waals surface area contributed by atoms with Crippen LogP contribution in [0.2, 0.25) is 5.02 Å². The van der Waals surface area contributed by atoms with E-state index in [-0.39, 0.29) is 10.6 Å². The van der Waals surface area contributed by atoms with Crippen molar-refractivity contribution in [3.63, 3.8) is 0 Å². The summed E-state index contributed by atoms with van der Waals surface area (Å²) < 4.78 is 11.3. The van der Waals surface area contributed by atoms with Gasteiger partial charge in [0, 0.05) is 17.8 Å². The Morgan fingerprint density at radius 3 is 2.82 bits per heavy atom. The van der Waals surface area contributed by atoms with Crippen LogP contribution in [0.3, 0.4) is 0 Å². The molecular weight excluding hydrogens is 306 g/mol. The molecule has 2 heterocycles. The summed E-state index contributed by atoms with van der Waals surface area (Å²) in [4.78, 5) is 15.5. The van der Waals surface area contributed by atoms with Crippen LogP contribution < -0.4 is 9.47 Å². The third-order valence-electron chi connectivity index (χ3n) is 3.52. The van der Waals surface area contributed by atoms with E-state index in [1.54, 1.807) is 6.07 Å². The summed E-state index contributed by atoms with van der Waals surface area (Å²) in [6, 6.07) is 1.71. The Balaban J connectivity index is 2.39. The number of carbonyl (C=O) groups is 1. The maximum atomic E-state index is 11.2. The number of aromatic nitrogens is 1.